The van der Waals surface area contributed by atoms with E-state index < -0.39 is 0 Å². The zero-order valence-electron chi connectivity index (χ0n) is 9.98. The molecule has 0 saturated carbocycles. The van der Waals surface area contributed by atoms with E-state index in [0.717, 1.165) is 37.1 Å². The summed E-state index contributed by atoms with van der Waals surface area (Å²) in [5.74, 6) is 0.679. The lowest BCUT2D eigenvalue weighted by Crippen LogP contribution is -2.21. The fraction of sp³-hybridized carbons (Fsp3) is 0.571. The highest BCUT2D eigenvalue weighted by molar-refractivity contribution is 14.1. The fourth-order valence-corrected chi connectivity index (χ4v) is 2.83. The molecule has 94 valence electrons. The fourth-order valence-electron chi connectivity index (χ4n) is 2.06. The molecular formula is C14H19IO2. The SMILES string of the molecule is ICC(OCC1CCOCC1)c1ccccc1. The average molecular weight is 346 g/mol. The molecule has 0 aromatic heterocycles. The Morgan fingerprint density at radius 1 is 1.24 bits per heavy atom. The topological polar surface area (TPSA) is 18.5 Å². The Bertz CT molecular complexity index is 309. The van der Waals surface area contributed by atoms with E-state index in [0.29, 0.717) is 5.92 Å². The second kappa shape index (κ2) is 7.34. The van der Waals surface area contributed by atoms with Gasteiger partial charge in [-0.15, -0.1) is 0 Å². The maximum absolute atomic E-state index is 6.05. The van der Waals surface area contributed by atoms with Crippen LogP contribution in [-0.2, 0) is 9.47 Å². The summed E-state index contributed by atoms with van der Waals surface area (Å²) < 4.78 is 12.4. The summed E-state index contributed by atoms with van der Waals surface area (Å²) in [6.45, 7) is 2.66. The molecule has 0 spiro atoms. The molecule has 0 N–H and O–H groups in total. The normalized spacial score (nSPS) is 19.1. The van der Waals surface area contributed by atoms with Gasteiger partial charge in [0.25, 0.3) is 0 Å². The smallest absolute Gasteiger partial charge is 0.0914 e. The third-order valence-corrected chi connectivity index (χ3v) is 3.99. The minimum absolute atomic E-state index is 0.236. The van der Waals surface area contributed by atoms with Gasteiger partial charge in [-0.1, -0.05) is 52.9 Å². The molecule has 1 atom stereocenters. The molecule has 3 heteroatoms. The van der Waals surface area contributed by atoms with E-state index in [1.807, 2.05) is 6.07 Å². The van der Waals surface area contributed by atoms with Gasteiger partial charge in [-0.25, -0.2) is 0 Å². The highest BCUT2D eigenvalue weighted by Crippen LogP contribution is 2.23. The lowest BCUT2D eigenvalue weighted by atomic mass is 10.0. The highest BCUT2D eigenvalue weighted by Gasteiger charge is 2.17. The summed E-state index contributed by atoms with van der Waals surface area (Å²) >= 11 is 2.40. The van der Waals surface area contributed by atoms with Gasteiger partial charge in [-0.2, -0.15) is 0 Å². The maximum atomic E-state index is 6.05. The second-order valence-corrected chi connectivity index (χ2v) is 5.32. The van der Waals surface area contributed by atoms with Crippen LogP contribution in [0.5, 0.6) is 0 Å². The van der Waals surface area contributed by atoms with Gasteiger partial charge in [0.05, 0.1) is 12.7 Å². The van der Waals surface area contributed by atoms with Crippen molar-refractivity contribution >= 4 is 22.6 Å². The van der Waals surface area contributed by atoms with E-state index in [1.54, 1.807) is 0 Å². The number of alkyl halides is 1. The molecule has 1 aliphatic rings. The number of hydrogen-bond donors (Lipinski definition) is 0. The molecule has 1 fully saturated rings. The molecular weight excluding hydrogens is 327 g/mol. The molecule has 0 aliphatic carbocycles. The van der Waals surface area contributed by atoms with Crippen LogP contribution < -0.4 is 0 Å². The standard InChI is InChI=1S/C14H19IO2/c15-10-14(13-4-2-1-3-5-13)17-11-12-6-8-16-9-7-12/h1-5,12,14H,6-11H2. The monoisotopic (exact) mass is 346 g/mol. The molecule has 0 amide bonds. The van der Waals surface area contributed by atoms with Crippen LogP contribution in [0.3, 0.4) is 0 Å². The number of halogens is 1. The third kappa shape index (κ3) is 4.23. The Kier molecular flexibility index (Phi) is 5.74. The summed E-state index contributed by atoms with van der Waals surface area (Å²) in [5.41, 5.74) is 1.29. The van der Waals surface area contributed by atoms with Crippen LogP contribution in [0, 0.1) is 5.92 Å². The lowest BCUT2D eigenvalue weighted by molar-refractivity contribution is -0.00323. The van der Waals surface area contributed by atoms with Gasteiger partial charge in [0.1, 0.15) is 0 Å². The molecule has 1 saturated heterocycles. The van der Waals surface area contributed by atoms with Gasteiger partial charge in [0.2, 0.25) is 0 Å². The van der Waals surface area contributed by atoms with E-state index in [-0.39, 0.29) is 6.10 Å². The predicted octanol–water partition coefficient (Wildman–Crippen LogP) is 3.61. The molecule has 1 aromatic carbocycles. The van der Waals surface area contributed by atoms with Crippen molar-refractivity contribution in [1.29, 1.82) is 0 Å². The number of rotatable bonds is 5. The van der Waals surface area contributed by atoms with Crippen LogP contribution in [0.2, 0.25) is 0 Å². The van der Waals surface area contributed by atoms with Crippen molar-refractivity contribution < 1.29 is 9.47 Å². The quantitative estimate of drug-likeness (QED) is 0.599. The Hall–Kier alpha value is -0.130. The summed E-state index contributed by atoms with van der Waals surface area (Å²) in [5, 5.41) is 0. The molecule has 1 aliphatic heterocycles. The number of hydrogen-bond acceptors (Lipinski definition) is 2. The van der Waals surface area contributed by atoms with Crippen molar-refractivity contribution in [2.75, 3.05) is 24.2 Å². The van der Waals surface area contributed by atoms with Gasteiger partial charge in [-0.3, -0.25) is 0 Å². The van der Waals surface area contributed by atoms with Crippen molar-refractivity contribution in [3.8, 4) is 0 Å². The first-order valence-electron chi connectivity index (χ1n) is 6.20. The summed E-state index contributed by atoms with van der Waals surface area (Å²) in [4.78, 5) is 0. The number of ether oxygens (including phenoxy) is 2. The minimum atomic E-state index is 0.236. The van der Waals surface area contributed by atoms with Gasteiger partial charge >= 0.3 is 0 Å². The first-order valence-corrected chi connectivity index (χ1v) is 7.73. The zero-order valence-corrected chi connectivity index (χ0v) is 12.1. The minimum Gasteiger partial charge on any atom is -0.381 e. The van der Waals surface area contributed by atoms with Crippen LogP contribution in [0.25, 0.3) is 0 Å². The van der Waals surface area contributed by atoms with Crippen LogP contribution in [-0.4, -0.2) is 24.2 Å². The summed E-state index contributed by atoms with van der Waals surface area (Å²) in [6, 6.07) is 10.5. The molecule has 0 bridgehead atoms. The van der Waals surface area contributed by atoms with E-state index in [1.165, 1.54) is 5.56 Å². The van der Waals surface area contributed by atoms with Crippen LogP contribution >= 0.6 is 22.6 Å². The Labute approximate surface area is 117 Å². The molecule has 1 aromatic rings. The first kappa shape index (κ1) is 13.3. The van der Waals surface area contributed by atoms with Gasteiger partial charge in [-0.05, 0) is 24.3 Å². The molecule has 2 rings (SSSR count). The van der Waals surface area contributed by atoms with Crippen LogP contribution in [0.4, 0.5) is 0 Å². The molecule has 1 unspecified atom stereocenters. The molecule has 0 radical (unpaired) electrons. The Balaban J connectivity index is 1.83. The second-order valence-electron chi connectivity index (χ2n) is 4.44. The van der Waals surface area contributed by atoms with E-state index in [4.69, 9.17) is 9.47 Å². The van der Waals surface area contributed by atoms with Crippen molar-refractivity contribution in [3.63, 3.8) is 0 Å². The van der Waals surface area contributed by atoms with Gasteiger partial charge in [0, 0.05) is 17.6 Å². The molecule has 17 heavy (non-hydrogen) atoms. The maximum Gasteiger partial charge on any atom is 0.0914 e. The van der Waals surface area contributed by atoms with Gasteiger partial charge in [0.15, 0.2) is 0 Å². The van der Waals surface area contributed by atoms with Crippen molar-refractivity contribution in [3.05, 3.63) is 35.9 Å². The van der Waals surface area contributed by atoms with Crippen molar-refractivity contribution in [2.24, 2.45) is 5.92 Å². The van der Waals surface area contributed by atoms with Crippen LogP contribution in [0.1, 0.15) is 24.5 Å². The molecule has 2 nitrogen and oxygen atoms in total. The predicted molar refractivity (Wildman–Crippen MR) is 77.6 cm³/mol. The van der Waals surface area contributed by atoms with E-state index >= 15 is 0 Å². The lowest BCUT2D eigenvalue weighted by Gasteiger charge is -2.24. The van der Waals surface area contributed by atoms with Crippen molar-refractivity contribution in [2.45, 2.75) is 18.9 Å². The Morgan fingerprint density at radius 3 is 2.59 bits per heavy atom. The highest BCUT2D eigenvalue weighted by atomic mass is 127. The third-order valence-electron chi connectivity index (χ3n) is 3.19. The van der Waals surface area contributed by atoms with E-state index in [2.05, 4.69) is 46.9 Å². The molecule has 1 heterocycles. The summed E-state index contributed by atoms with van der Waals surface area (Å²) in [7, 11) is 0. The first-order chi connectivity index (χ1) is 8.40. The van der Waals surface area contributed by atoms with Crippen LogP contribution in [0.15, 0.2) is 30.3 Å². The number of benzene rings is 1. The average Bonchev–Trinajstić information content (AvgIpc) is 2.42. The summed E-state index contributed by atoms with van der Waals surface area (Å²) in [6.07, 6.45) is 2.52. The van der Waals surface area contributed by atoms with Gasteiger partial charge < -0.3 is 9.47 Å². The van der Waals surface area contributed by atoms with Crippen molar-refractivity contribution in [1.82, 2.24) is 0 Å². The zero-order chi connectivity index (χ0) is 11.9. The van der Waals surface area contributed by atoms with E-state index in [9.17, 15) is 0 Å². The Morgan fingerprint density at radius 2 is 1.94 bits per heavy atom. The largest absolute Gasteiger partial charge is 0.381 e.